The van der Waals surface area contributed by atoms with Crippen LogP contribution in [0, 0.1) is 19.8 Å². The third kappa shape index (κ3) is 3.90. The Morgan fingerprint density at radius 3 is 2.63 bits per heavy atom. The molecule has 0 aliphatic heterocycles. The highest BCUT2D eigenvalue weighted by Crippen LogP contribution is 2.31. The topological polar surface area (TPSA) is 46.4 Å². The van der Waals surface area contributed by atoms with Crippen molar-refractivity contribution in [2.75, 3.05) is 5.32 Å². The molecule has 1 saturated carbocycles. The van der Waals surface area contributed by atoms with Crippen LogP contribution in [0.3, 0.4) is 0 Å². The fourth-order valence-corrected chi connectivity index (χ4v) is 4.26. The van der Waals surface area contributed by atoms with Gasteiger partial charge in [0.15, 0.2) is 0 Å². The highest BCUT2D eigenvalue weighted by molar-refractivity contribution is 5.94. The van der Waals surface area contributed by atoms with Gasteiger partial charge in [-0.15, -0.1) is 0 Å². The molecule has 0 spiro atoms. The van der Waals surface area contributed by atoms with Gasteiger partial charge in [0.1, 0.15) is 17.2 Å². The second-order valence-electron chi connectivity index (χ2n) is 7.85. The predicted molar refractivity (Wildman–Crippen MR) is 110 cm³/mol. The highest BCUT2D eigenvalue weighted by atomic mass is 16.1. The van der Waals surface area contributed by atoms with Crippen LogP contribution in [0.4, 0.5) is 5.82 Å². The maximum Gasteiger partial charge on any atom is 0.225 e. The number of carbonyl (C=O) groups is 1. The van der Waals surface area contributed by atoms with Gasteiger partial charge in [-0.05, 0) is 50.5 Å². The monoisotopic (exact) mass is 361 g/mol. The summed E-state index contributed by atoms with van der Waals surface area (Å²) in [7, 11) is 0. The zero-order valence-electron chi connectivity index (χ0n) is 16.2. The minimum atomic E-state index is 0.0816. The van der Waals surface area contributed by atoms with E-state index in [-0.39, 0.29) is 5.91 Å². The predicted octanol–water partition coefficient (Wildman–Crippen LogP) is 5.53. The summed E-state index contributed by atoms with van der Waals surface area (Å²) < 4.78 is 1.97. The number of aryl methyl sites for hydroxylation is 2. The van der Waals surface area contributed by atoms with E-state index in [1.54, 1.807) is 0 Å². The van der Waals surface area contributed by atoms with E-state index in [0.29, 0.717) is 6.42 Å². The SMILES string of the molecule is Cc1cc(C)cc(-c2nc3ccccn3c2NC(=O)CCC2CCCC2)c1. The van der Waals surface area contributed by atoms with Crippen molar-refractivity contribution in [2.24, 2.45) is 5.92 Å². The molecule has 0 atom stereocenters. The molecule has 3 aromatic rings. The van der Waals surface area contributed by atoms with Crippen molar-refractivity contribution in [3.8, 4) is 11.3 Å². The molecule has 1 N–H and O–H groups in total. The van der Waals surface area contributed by atoms with Crippen LogP contribution in [0.2, 0.25) is 0 Å². The second-order valence-corrected chi connectivity index (χ2v) is 7.85. The molecule has 4 rings (SSSR count). The van der Waals surface area contributed by atoms with E-state index in [1.165, 1.54) is 36.8 Å². The number of carbonyl (C=O) groups excluding carboxylic acids is 1. The zero-order valence-corrected chi connectivity index (χ0v) is 16.2. The zero-order chi connectivity index (χ0) is 18.8. The largest absolute Gasteiger partial charge is 0.310 e. The van der Waals surface area contributed by atoms with Crippen molar-refractivity contribution in [1.29, 1.82) is 0 Å². The molecular formula is C23H27N3O. The molecule has 27 heavy (non-hydrogen) atoms. The molecule has 0 unspecified atom stereocenters. The van der Waals surface area contributed by atoms with Crippen molar-refractivity contribution in [3.63, 3.8) is 0 Å². The quantitative estimate of drug-likeness (QED) is 0.650. The number of pyridine rings is 1. The Balaban J connectivity index is 1.64. The molecular weight excluding hydrogens is 334 g/mol. The number of fused-ring (bicyclic) bond motifs is 1. The number of rotatable bonds is 5. The normalized spacial score (nSPS) is 14.7. The lowest BCUT2D eigenvalue weighted by Crippen LogP contribution is -2.14. The molecule has 2 aromatic heterocycles. The fraction of sp³-hybridized carbons (Fsp3) is 0.391. The van der Waals surface area contributed by atoms with Crippen LogP contribution in [0.15, 0.2) is 42.6 Å². The Morgan fingerprint density at radius 1 is 1.15 bits per heavy atom. The third-order valence-corrected chi connectivity index (χ3v) is 5.54. The first-order valence-electron chi connectivity index (χ1n) is 9.96. The molecule has 2 heterocycles. The van der Waals surface area contributed by atoms with Gasteiger partial charge in [-0.25, -0.2) is 4.98 Å². The number of nitrogens with one attached hydrogen (secondary N) is 1. The number of amides is 1. The molecule has 0 saturated heterocycles. The number of aromatic nitrogens is 2. The smallest absolute Gasteiger partial charge is 0.225 e. The van der Waals surface area contributed by atoms with Crippen molar-refractivity contribution < 1.29 is 4.79 Å². The van der Waals surface area contributed by atoms with E-state index in [0.717, 1.165) is 35.1 Å². The molecule has 0 radical (unpaired) electrons. The van der Waals surface area contributed by atoms with E-state index >= 15 is 0 Å². The minimum Gasteiger partial charge on any atom is -0.310 e. The van der Waals surface area contributed by atoms with Gasteiger partial charge in [0.05, 0.1) is 0 Å². The lowest BCUT2D eigenvalue weighted by atomic mass is 10.0. The molecule has 1 aliphatic rings. The number of nitrogens with zero attached hydrogens (tertiary/aromatic N) is 2. The Hall–Kier alpha value is -2.62. The third-order valence-electron chi connectivity index (χ3n) is 5.54. The number of benzene rings is 1. The van der Waals surface area contributed by atoms with Crippen LogP contribution in [-0.4, -0.2) is 15.3 Å². The first-order valence-corrected chi connectivity index (χ1v) is 9.96. The Bertz CT molecular complexity index is 947. The number of hydrogen-bond acceptors (Lipinski definition) is 2. The van der Waals surface area contributed by atoms with E-state index in [4.69, 9.17) is 4.98 Å². The van der Waals surface area contributed by atoms with Crippen molar-refractivity contribution in [3.05, 3.63) is 53.7 Å². The van der Waals surface area contributed by atoms with Gasteiger partial charge < -0.3 is 5.32 Å². The summed E-state index contributed by atoms with van der Waals surface area (Å²) in [5.41, 5.74) is 5.11. The van der Waals surface area contributed by atoms with Gasteiger partial charge >= 0.3 is 0 Å². The number of imidazole rings is 1. The summed E-state index contributed by atoms with van der Waals surface area (Å²) >= 11 is 0. The van der Waals surface area contributed by atoms with Crippen LogP contribution >= 0.6 is 0 Å². The molecule has 4 nitrogen and oxygen atoms in total. The van der Waals surface area contributed by atoms with Crippen LogP contribution in [-0.2, 0) is 4.79 Å². The average molecular weight is 361 g/mol. The van der Waals surface area contributed by atoms with Gasteiger partial charge in [0.2, 0.25) is 5.91 Å². The van der Waals surface area contributed by atoms with Gasteiger partial charge in [0, 0.05) is 18.2 Å². The summed E-state index contributed by atoms with van der Waals surface area (Å²) in [6.07, 6.45) is 8.71. The summed E-state index contributed by atoms with van der Waals surface area (Å²) in [6.45, 7) is 4.18. The number of anilines is 1. The number of hydrogen-bond donors (Lipinski definition) is 1. The summed E-state index contributed by atoms with van der Waals surface area (Å²) in [4.78, 5) is 17.5. The maximum atomic E-state index is 12.7. The van der Waals surface area contributed by atoms with Gasteiger partial charge in [-0.3, -0.25) is 9.20 Å². The molecule has 1 aliphatic carbocycles. The highest BCUT2D eigenvalue weighted by Gasteiger charge is 2.19. The van der Waals surface area contributed by atoms with Gasteiger partial charge in [0.25, 0.3) is 0 Å². The van der Waals surface area contributed by atoms with Crippen LogP contribution in [0.25, 0.3) is 16.9 Å². The average Bonchev–Trinajstić information content (AvgIpc) is 3.27. The van der Waals surface area contributed by atoms with E-state index in [2.05, 4.69) is 37.4 Å². The van der Waals surface area contributed by atoms with E-state index in [1.807, 2.05) is 28.8 Å². The first-order chi connectivity index (χ1) is 13.1. The molecule has 140 valence electrons. The Morgan fingerprint density at radius 2 is 1.89 bits per heavy atom. The summed E-state index contributed by atoms with van der Waals surface area (Å²) in [5, 5.41) is 3.16. The molecule has 1 fully saturated rings. The second kappa shape index (κ2) is 7.55. The molecule has 1 aromatic carbocycles. The van der Waals surface area contributed by atoms with Crippen molar-refractivity contribution in [2.45, 2.75) is 52.4 Å². The lowest BCUT2D eigenvalue weighted by molar-refractivity contribution is -0.116. The minimum absolute atomic E-state index is 0.0816. The molecule has 4 heteroatoms. The van der Waals surface area contributed by atoms with E-state index in [9.17, 15) is 4.79 Å². The fourth-order valence-electron chi connectivity index (χ4n) is 4.26. The van der Waals surface area contributed by atoms with Crippen LogP contribution < -0.4 is 5.32 Å². The van der Waals surface area contributed by atoms with Crippen molar-refractivity contribution in [1.82, 2.24) is 9.38 Å². The Labute approximate surface area is 160 Å². The van der Waals surface area contributed by atoms with Crippen molar-refractivity contribution >= 4 is 17.4 Å². The van der Waals surface area contributed by atoms with Crippen LogP contribution in [0.5, 0.6) is 0 Å². The van der Waals surface area contributed by atoms with E-state index < -0.39 is 0 Å². The van der Waals surface area contributed by atoms with Crippen LogP contribution in [0.1, 0.15) is 49.7 Å². The lowest BCUT2D eigenvalue weighted by Gasteiger charge is -2.11. The summed E-state index contributed by atoms with van der Waals surface area (Å²) in [6, 6.07) is 12.3. The standard InChI is InChI=1S/C23H27N3O/c1-16-13-17(2)15-19(14-16)22-23(26-12-6-5-9-20(26)24-22)25-21(27)11-10-18-7-3-4-8-18/h5-6,9,12-15,18H,3-4,7-8,10-11H2,1-2H3,(H,25,27). The summed E-state index contributed by atoms with van der Waals surface area (Å²) in [5.74, 6) is 1.57. The molecule has 1 amide bonds. The maximum absolute atomic E-state index is 12.7. The van der Waals surface area contributed by atoms with Gasteiger partial charge in [-0.2, -0.15) is 0 Å². The molecule has 0 bridgehead atoms. The Kier molecular flexibility index (Phi) is 4.97. The first kappa shape index (κ1) is 17.8. The van der Waals surface area contributed by atoms with Gasteiger partial charge in [-0.1, -0.05) is 48.9 Å².